The van der Waals surface area contributed by atoms with Crippen LogP contribution in [-0.2, 0) is 13.0 Å². The highest BCUT2D eigenvalue weighted by molar-refractivity contribution is 5.42. The molecule has 0 saturated heterocycles. The van der Waals surface area contributed by atoms with Crippen LogP contribution in [0, 0.1) is 0 Å². The van der Waals surface area contributed by atoms with Gasteiger partial charge in [-0.15, -0.1) is 0 Å². The highest BCUT2D eigenvalue weighted by atomic mass is 15.2. The van der Waals surface area contributed by atoms with Crippen LogP contribution in [0.1, 0.15) is 51.3 Å². The highest BCUT2D eigenvalue weighted by Gasteiger charge is 2.08. The largest absolute Gasteiger partial charge is 0.357 e. The van der Waals surface area contributed by atoms with Crippen molar-refractivity contribution in [3.8, 4) is 0 Å². The lowest BCUT2D eigenvalue weighted by Crippen LogP contribution is -2.26. The lowest BCUT2D eigenvalue weighted by molar-refractivity contribution is 0.728. The third-order valence-corrected chi connectivity index (χ3v) is 2.98. The number of hydrogen-bond acceptors (Lipinski definition) is 3. The molecule has 2 N–H and O–H groups in total. The van der Waals surface area contributed by atoms with Gasteiger partial charge in [-0.3, -0.25) is 0 Å². The van der Waals surface area contributed by atoms with Crippen molar-refractivity contribution >= 4 is 5.82 Å². The zero-order chi connectivity index (χ0) is 13.4. The van der Waals surface area contributed by atoms with Crippen molar-refractivity contribution in [3.05, 3.63) is 23.4 Å². The predicted octanol–water partition coefficient (Wildman–Crippen LogP) is 3.12. The normalized spacial score (nSPS) is 10.7. The number of nitrogens with two attached hydrogens (primary N) is 1. The van der Waals surface area contributed by atoms with Gasteiger partial charge in [-0.1, -0.05) is 27.2 Å². The fraction of sp³-hybridized carbons (Fsp3) is 0.667. The van der Waals surface area contributed by atoms with Crippen LogP contribution in [0.2, 0.25) is 0 Å². The predicted molar refractivity (Wildman–Crippen MR) is 78.9 cm³/mol. The van der Waals surface area contributed by atoms with Gasteiger partial charge in [0.05, 0.1) is 0 Å². The lowest BCUT2D eigenvalue weighted by Gasteiger charge is -2.23. The second kappa shape index (κ2) is 8.09. The molecular weight excluding hydrogens is 222 g/mol. The molecule has 1 heterocycles. The van der Waals surface area contributed by atoms with Gasteiger partial charge in [0.2, 0.25) is 0 Å². The van der Waals surface area contributed by atoms with Crippen molar-refractivity contribution in [2.45, 2.75) is 53.0 Å². The maximum atomic E-state index is 5.79. The van der Waals surface area contributed by atoms with Crippen molar-refractivity contribution in [3.63, 3.8) is 0 Å². The number of aromatic nitrogens is 1. The first kappa shape index (κ1) is 15.0. The average Bonchev–Trinajstić information content (AvgIpc) is 2.38. The molecule has 0 aliphatic rings. The van der Waals surface area contributed by atoms with Gasteiger partial charge in [-0.05, 0) is 37.0 Å². The molecule has 0 bridgehead atoms. The molecule has 0 fully saturated rings. The number of nitrogens with zero attached hydrogens (tertiary/aromatic N) is 2. The Hall–Kier alpha value is -1.09. The molecule has 0 aliphatic heterocycles. The van der Waals surface area contributed by atoms with E-state index < -0.39 is 0 Å². The molecule has 1 aromatic rings. The summed E-state index contributed by atoms with van der Waals surface area (Å²) in [4.78, 5) is 7.15. The average molecular weight is 249 g/mol. The molecule has 3 heteroatoms. The second-order valence-corrected chi connectivity index (χ2v) is 4.77. The first-order valence-electron chi connectivity index (χ1n) is 7.19. The Morgan fingerprint density at radius 3 is 2.22 bits per heavy atom. The topological polar surface area (TPSA) is 42.1 Å². The molecule has 3 nitrogen and oxygen atoms in total. The summed E-state index contributed by atoms with van der Waals surface area (Å²) in [5, 5.41) is 0. The standard InChI is InChI=1S/C15H27N3/c1-4-7-14-10-13(12-16)11-15(17-14)18(8-5-2)9-6-3/h10-11H,4-9,12,16H2,1-3H3. The van der Waals surface area contributed by atoms with Gasteiger partial charge >= 0.3 is 0 Å². The highest BCUT2D eigenvalue weighted by Crippen LogP contribution is 2.17. The lowest BCUT2D eigenvalue weighted by atomic mass is 10.1. The van der Waals surface area contributed by atoms with E-state index in [4.69, 9.17) is 10.7 Å². The van der Waals surface area contributed by atoms with Crippen molar-refractivity contribution in [2.75, 3.05) is 18.0 Å². The van der Waals surface area contributed by atoms with Crippen LogP contribution >= 0.6 is 0 Å². The van der Waals surface area contributed by atoms with Crippen LogP contribution in [0.3, 0.4) is 0 Å². The Labute approximate surface area is 111 Å². The van der Waals surface area contributed by atoms with Crippen LogP contribution in [0.4, 0.5) is 5.82 Å². The zero-order valence-electron chi connectivity index (χ0n) is 12.1. The van der Waals surface area contributed by atoms with E-state index in [-0.39, 0.29) is 0 Å². The van der Waals surface area contributed by atoms with Gasteiger partial charge < -0.3 is 10.6 Å². The Morgan fingerprint density at radius 2 is 1.72 bits per heavy atom. The molecule has 0 saturated carbocycles. The monoisotopic (exact) mass is 249 g/mol. The molecule has 18 heavy (non-hydrogen) atoms. The van der Waals surface area contributed by atoms with Crippen LogP contribution < -0.4 is 10.6 Å². The summed E-state index contributed by atoms with van der Waals surface area (Å²) in [6.45, 7) is 9.34. The minimum absolute atomic E-state index is 0.596. The number of hydrogen-bond donors (Lipinski definition) is 1. The summed E-state index contributed by atoms with van der Waals surface area (Å²) >= 11 is 0. The fourth-order valence-corrected chi connectivity index (χ4v) is 2.18. The van der Waals surface area contributed by atoms with Crippen molar-refractivity contribution in [2.24, 2.45) is 5.73 Å². The second-order valence-electron chi connectivity index (χ2n) is 4.77. The van der Waals surface area contributed by atoms with Crippen LogP contribution in [0.5, 0.6) is 0 Å². The van der Waals surface area contributed by atoms with Crippen LogP contribution in [0.25, 0.3) is 0 Å². The number of aryl methyl sites for hydroxylation is 1. The molecule has 0 radical (unpaired) electrons. The fourth-order valence-electron chi connectivity index (χ4n) is 2.18. The molecular formula is C15H27N3. The van der Waals surface area contributed by atoms with E-state index in [9.17, 15) is 0 Å². The molecule has 0 aliphatic carbocycles. The molecule has 0 aromatic carbocycles. The quantitative estimate of drug-likeness (QED) is 0.769. The van der Waals surface area contributed by atoms with Gasteiger partial charge in [0.25, 0.3) is 0 Å². The van der Waals surface area contributed by atoms with Crippen molar-refractivity contribution in [1.82, 2.24) is 4.98 Å². The van der Waals surface area contributed by atoms with Crippen molar-refractivity contribution in [1.29, 1.82) is 0 Å². The smallest absolute Gasteiger partial charge is 0.129 e. The van der Waals surface area contributed by atoms with E-state index in [1.807, 2.05) is 0 Å². The maximum Gasteiger partial charge on any atom is 0.129 e. The van der Waals surface area contributed by atoms with E-state index in [0.29, 0.717) is 6.54 Å². The Balaban J connectivity index is 2.99. The molecule has 1 aromatic heterocycles. The molecule has 102 valence electrons. The van der Waals surface area contributed by atoms with Crippen LogP contribution in [-0.4, -0.2) is 18.1 Å². The number of rotatable bonds is 8. The molecule has 0 unspecified atom stereocenters. The number of anilines is 1. The molecule has 0 amide bonds. The third kappa shape index (κ3) is 4.30. The number of pyridine rings is 1. The van der Waals surface area contributed by atoms with E-state index in [1.54, 1.807) is 0 Å². The summed E-state index contributed by atoms with van der Waals surface area (Å²) in [6.07, 6.45) is 4.46. The van der Waals surface area contributed by atoms with E-state index in [2.05, 4.69) is 37.8 Å². The summed E-state index contributed by atoms with van der Waals surface area (Å²) in [6, 6.07) is 4.29. The first-order chi connectivity index (χ1) is 8.74. The van der Waals surface area contributed by atoms with Gasteiger partial charge in [0.15, 0.2) is 0 Å². The van der Waals surface area contributed by atoms with E-state index >= 15 is 0 Å². The van der Waals surface area contributed by atoms with Crippen LogP contribution in [0.15, 0.2) is 12.1 Å². The summed E-state index contributed by atoms with van der Waals surface area (Å²) in [5.41, 5.74) is 8.15. The van der Waals surface area contributed by atoms with E-state index in [1.165, 1.54) is 11.3 Å². The summed E-state index contributed by atoms with van der Waals surface area (Å²) in [7, 11) is 0. The Kier molecular flexibility index (Phi) is 6.73. The van der Waals surface area contributed by atoms with Gasteiger partial charge in [-0.2, -0.15) is 0 Å². The van der Waals surface area contributed by atoms with Gasteiger partial charge in [0.1, 0.15) is 5.82 Å². The summed E-state index contributed by atoms with van der Waals surface area (Å²) < 4.78 is 0. The molecule has 1 rings (SSSR count). The molecule has 0 atom stereocenters. The van der Waals surface area contributed by atoms with Gasteiger partial charge in [-0.25, -0.2) is 4.98 Å². The Morgan fingerprint density at radius 1 is 1.06 bits per heavy atom. The minimum atomic E-state index is 0.596. The summed E-state index contributed by atoms with van der Waals surface area (Å²) in [5.74, 6) is 1.10. The van der Waals surface area contributed by atoms with E-state index in [0.717, 1.165) is 44.6 Å². The van der Waals surface area contributed by atoms with Crippen molar-refractivity contribution < 1.29 is 0 Å². The third-order valence-electron chi connectivity index (χ3n) is 2.98. The Bertz CT molecular complexity index is 344. The SMILES string of the molecule is CCCc1cc(CN)cc(N(CCC)CCC)n1. The maximum absolute atomic E-state index is 5.79. The van der Waals surface area contributed by atoms with Gasteiger partial charge in [0, 0.05) is 25.3 Å². The molecule has 0 spiro atoms. The first-order valence-corrected chi connectivity index (χ1v) is 7.19. The minimum Gasteiger partial charge on any atom is -0.357 e. The zero-order valence-corrected chi connectivity index (χ0v) is 12.1.